The van der Waals surface area contributed by atoms with Crippen molar-refractivity contribution in [1.29, 1.82) is 0 Å². The molecule has 0 fully saturated rings. The molecule has 1 aromatic heterocycles. The second-order valence-corrected chi connectivity index (χ2v) is 3.68. The second-order valence-electron chi connectivity index (χ2n) is 3.68. The quantitative estimate of drug-likeness (QED) is 0.625. The van der Waals surface area contributed by atoms with Crippen molar-refractivity contribution in [2.45, 2.75) is 20.0 Å². The lowest BCUT2D eigenvalue weighted by Gasteiger charge is -2.22. The Hall–Kier alpha value is -1.57. The van der Waals surface area contributed by atoms with Crippen molar-refractivity contribution in [3.63, 3.8) is 0 Å². The van der Waals surface area contributed by atoms with Gasteiger partial charge in [-0.05, 0) is 13.8 Å². The van der Waals surface area contributed by atoms with Crippen LogP contribution in [0.5, 0.6) is 0 Å². The summed E-state index contributed by atoms with van der Waals surface area (Å²) in [5, 5.41) is 0. The molecule has 1 heterocycles. The third-order valence-electron chi connectivity index (χ3n) is 2.15. The maximum Gasteiger partial charge on any atom is 0.405 e. The minimum atomic E-state index is -4.28. The van der Waals surface area contributed by atoms with Gasteiger partial charge in [-0.25, -0.2) is 15.8 Å². The van der Waals surface area contributed by atoms with E-state index >= 15 is 0 Å². The van der Waals surface area contributed by atoms with E-state index < -0.39 is 12.7 Å². The predicted molar refractivity (Wildman–Crippen MR) is 58.6 cm³/mol. The van der Waals surface area contributed by atoms with Crippen LogP contribution >= 0.6 is 0 Å². The molecule has 0 aliphatic rings. The number of rotatable bonds is 3. The number of nitrogens with two attached hydrogens (primary N) is 1. The summed E-state index contributed by atoms with van der Waals surface area (Å²) in [4.78, 5) is 8.98. The Morgan fingerprint density at radius 2 is 1.88 bits per heavy atom. The molecule has 0 bridgehead atoms. The third kappa shape index (κ3) is 3.45. The minimum absolute atomic E-state index is 0.211. The number of nitrogens with one attached hydrogen (secondary N) is 1. The van der Waals surface area contributed by atoms with Crippen molar-refractivity contribution in [1.82, 2.24) is 9.97 Å². The van der Waals surface area contributed by atoms with Crippen LogP contribution < -0.4 is 16.2 Å². The Balaban J connectivity index is 3.09. The summed E-state index contributed by atoms with van der Waals surface area (Å²) in [7, 11) is 1.32. The normalized spacial score (nSPS) is 11.5. The number of hydrazine groups is 1. The Bertz CT molecular complexity index is 404. The molecule has 0 spiro atoms. The van der Waals surface area contributed by atoms with Crippen molar-refractivity contribution in [2.75, 3.05) is 23.9 Å². The van der Waals surface area contributed by atoms with E-state index in [1.807, 2.05) is 0 Å². The standard InChI is InChI=1S/C9H14F3N5/c1-5-7(16-13)14-6(2)15-8(5)17(3)4-9(10,11)12/h4,13H2,1-3H3,(H,14,15,16). The van der Waals surface area contributed by atoms with Gasteiger partial charge in [0.2, 0.25) is 0 Å². The van der Waals surface area contributed by atoms with Crippen LogP contribution in [-0.4, -0.2) is 29.7 Å². The molecule has 0 saturated carbocycles. The maximum absolute atomic E-state index is 12.3. The van der Waals surface area contributed by atoms with Gasteiger partial charge in [0.15, 0.2) is 0 Å². The molecule has 5 nitrogen and oxygen atoms in total. The minimum Gasteiger partial charge on any atom is -0.350 e. The molecule has 0 unspecified atom stereocenters. The number of nitrogens with zero attached hydrogens (tertiary/aromatic N) is 3. The van der Waals surface area contributed by atoms with Crippen LogP contribution in [0.25, 0.3) is 0 Å². The summed E-state index contributed by atoms with van der Waals surface area (Å²) in [5.41, 5.74) is 2.81. The number of anilines is 2. The highest BCUT2D eigenvalue weighted by Gasteiger charge is 2.30. The van der Waals surface area contributed by atoms with E-state index in [4.69, 9.17) is 5.84 Å². The molecule has 0 aromatic carbocycles. The van der Waals surface area contributed by atoms with Crippen LogP contribution in [0.2, 0.25) is 0 Å². The smallest absolute Gasteiger partial charge is 0.350 e. The Labute approximate surface area is 96.8 Å². The van der Waals surface area contributed by atoms with Crippen molar-refractivity contribution in [3.8, 4) is 0 Å². The van der Waals surface area contributed by atoms with Gasteiger partial charge in [-0.1, -0.05) is 0 Å². The van der Waals surface area contributed by atoms with E-state index in [-0.39, 0.29) is 5.82 Å². The lowest BCUT2D eigenvalue weighted by Crippen LogP contribution is -2.32. The van der Waals surface area contributed by atoms with Gasteiger partial charge in [-0.2, -0.15) is 13.2 Å². The molecular formula is C9H14F3N5. The maximum atomic E-state index is 12.3. The number of alkyl halides is 3. The summed E-state index contributed by atoms with van der Waals surface area (Å²) in [6.07, 6.45) is -4.28. The molecule has 0 saturated heterocycles. The van der Waals surface area contributed by atoms with E-state index in [2.05, 4.69) is 15.4 Å². The first-order chi connectivity index (χ1) is 7.74. The van der Waals surface area contributed by atoms with E-state index in [1.165, 1.54) is 7.05 Å². The van der Waals surface area contributed by atoms with Crippen molar-refractivity contribution in [3.05, 3.63) is 11.4 Å². The average Bonchev–Trinajstić information content (AvgIpc) is 2.18. The molecule has 1 aromatic rings. The first kappa shape index (κ1) is 13.5. The largest absolute Gasteiger partial charge is 0.405 e. The Morgan fingerprint density at radius 1 is 1.29 bits per heavy atom. The van der Waals surface area contributed by atoms with Gasteiger partial charge in [-0.15, -0.1) is 0 Å². The Morgan fingerprint density at radius 3 is 2.35 bits per heavy atom. The third-order valence-corrected chi connectivity index (χ3v) is 2.15. The molecule has 17 heavy (non-hydrogen) atoms. The number of hydrogen-bond donors (Lipinski definition) is 2. The highest BCUT2D eigenvalue weighted by atomic mass is 19.4. The fourth-order valence-corrected chi connectivity index (χ4v) is 1.47. The monoisotopic (exact) mass is 249 g/mol. The molecule has 0 aliphatic carbocycles. The molecule has 0 radical (unpaired) electrons. The van der Waals surface area contributed by atoms with Crippen molar-refractivity contribution in [2.24, 2.45) is 5.84 Å². The zero-order valence-corrected chi connectivity index (χ0v) is 9.76. The SMILES string of the molecule is Cc1nc(NN)c(C)c(N(C)CC(F)(F)F)n1. The van der Waals surface area contributed by atoms with E-state index in [0.29, 0.717) is 17.2 Å². The Kier molecular flexibility index (Phi) is 3.76. The molecule has 3 N–H and O–H groups in total. The van der Waals surface area contributed by atoms with Gasteiger partial charge in [0.1, 0.15) is 24.0 Å². The molecule has 1 rings (SSSR count). The second kappa shape index (κ2) is 4.74. The predicted octanol–water partition coefficient (Wildman–Crippen LogP) is 1.38. The van der Waals surface area contributed by atoms with Gasteiger partial charge >= 0.3 is 6.18 Å². The van der Waals surface area contributed by atoms with E-state index in [1.54, 1.807) is 13.8 Å². The van der Waals surface area contributed by atoms with Gasteiger partial charge in [0.05, 0.1) is 0 Å². The van der Waals surface area contributed by atoms with E-state index in [0.717, 1.165) is 4.90 Å². The number of hydrogen-bond acceptors (Lipinski definition) is 5. The van der Waals surface area contributed by atoms with Crippen LogP contribution in [-0.2, 0) is 0 Å². The molecular weight excluding hydrogens is 235 g/mol. The topological polar surface area (TPSA) is 67.1 Å². The highest BCUT2D eigenvalue weighted by Crippen LogP contribution is 2.25. The molecule has 8 heteroatoms. The van der Waals surface area contributed by atoms with Gasteiger partial charge < -0.3 is 10.3 Å². The summed E-state index contributed by atoms with van der Waals surface area (Å²) < 4.78 is 36.8. The number of halogens is 3. The number of aromatic nitrogens is 2. The van der Waals surface area contributed by atoms with E-state index in [9.17, 15) is 13.2 Å². The zero-order valence-electron chi connectivity index (χ0n) is 9.76. The van der Waals surface area contributed by atoms with Crippen LogP contribution in [0.1, 0.15) is 11.4 Å². The van der Waals surface area contributed by atoms with Crippen LogP contribution in [0.3, 0.4) is 0 Å². The summed E-state index contributed by atoms with van der Waals surface area (Å²) in [5.74, 6) is 6.12. The fraction of sp³-hybridized carbons (Fsp3) is 0.556. The van der Waals surface area contributed by atoms with Gasteiger partial charge in [0, 0.05) is 12.6 Å². The summed E-state index contributed by atoms with van der Waals surface area (Å²) in [6, 6.07) is 0. The van der Waals surface area contributed by atoms with Gasteiger partial charge in [0.25, 0.3) is 0 Å². The van der Waals surface area contributed by atoms with Crippen LogP contribution in [0.15, 0.2) is 0 Å². The fourth-order valence-electron chi connectivity index (χ4n) is 1.47. The first-order valence-corrected chi connectivity index (χ1v) is 4.84. The summed E-state index contributed by atoms with van der Waals surface area (Å²) >= 11 is 0. The van der Waals surface area contributed by atoms with Crippen LogP contribution in [0.4, 0.5) is 24.8 Å². The number of nitrogen functional groups attached to an aromatic ring is 1. The molecule has 0 aliphatic heterocycles. The van der Waals surface area contributed by atoms with Crippen LogP contribution in [0, 0.1) is 13.8 Å². The number of aryl methyl sites for hydroxylation is 1. The highest BCUT2D eigenvalue weighted by molar-refractivity contribution is 5.57. The lowest BCUT2D eigenvalue weighted by atomic mass is 10.3. The van der Waals surface area contributed by atoms with Crippen molar-refractivity contribution >= 4 is 11.6 Å². The van der Waals surface area contributed by atoms with Gasteiger partial charge in [-0.3, -0.25) is 0 Å². The first-order valence-electron chi connectivity index (χ1n) is 4.84. The molecule has 0 amide bonds. The molecule has 0 atom stereocenters. The summed E-state index contributed by atoms with van der Waals surface area (Å²) in [6.45, 7) is 2.12. The molecule has 96 valence electrons. The lowest BCUT2D eigenvalue weighted by molar-refractivity contribution is -0.119. The van der Waals surface area contributed by atoms with Crippen molar-refractivity contribution < 1.29 is 13.2 Å². The zero-order chi connectivity index (χ0) is 13.2. The average molecular weight is 249 g/mol.